The molecule has 0 radical (unpaired) electrons. The zero-order valence-electron chi connectivity index (χ0n) is 10.4. The van der Waals surface area contributed by atoms with Crippen molar-refractivity contribution in [3.8, 4) is 5.75 Å². The monoisotopic (exact) mass is 252 g/mol. The molecule has 0 aromatic heterocycles. The molecule has 92 valence electrons. The lowest BCUT2D eigenvalue weighted by atomic mass is 9.81. The molecule has 0 aliphatic carbocycles. The van der Waals surface area contributed by atoms with Crippen LogP contribution in [0.25, 0.3) is 0 Å². The Kier molecular flexibility index (Phi) is 2.17. The Labute approximate surface area is 107 Å². The van der Waals surface area contributed by atoms with Crippen LogP contribution >= 0.6 is 11.6 Å². The molecule has 4 heteroatoms. The maximum absolute atomic E-state index is 9.81. The molecule has 2 aliphatic rings. The summed E-state index contributed by atoms with van der Waals surface area (Å²) < 4.78 is 0. The van der Waals surface area contributed by atoms with Gasteiger partial charge in [-0.3, -0.25) is 4.90 Å². The van der Waals surface area contributed by atoms with Crippen LogP contribution in [0.2, 0.25) is 5.02 Å². The van der Waals surface area contributed by atoms with Gasteiger partial charge in [-0.1, -0.05) is 18.5 Å². The van der Waals surface area contributed by atoms with Crippen LogP contribution in [0.3, 0.4) is 0 Å². The van der Waals surface area contributed by atoms with Crippen LogP contribution in [-0.4, -0.2) is 36.8 Å². The van der Waals surface area contributed by atoms with Gasteiger partial charge in [0.1, 0.15) is 5.75 Å². The number of halogens is 1. The molecule has 1 unspecified atom stereocenters. The summed E-state index contributed by atoms with van der Waals surface area (Å²) in [7, 11) is 4.25. The van der Waals surface area contributed by atoms with Gasteiger partial charge in [-0.25, -0.2) is 0 Å². The first-order valence-corrected chi connectivity index (χ1v) is 6.29. The van der Waals surface area contributed by atoms with Crippen molar-refractivity contribution in [2.45, 2.75) is 24.9 Å². The first-order chi connectivity index (χ1) is 7.95. The summed E-state index contributed by atoms with van der Waals surface area (Å²) in [5.74, 6) is 0.190. The average molecular weight is 253 g/mol. The highest BCUT2D eigenvalue weighted by atomic mass is 35.5. The van der Waals surface area contributed by atoms with Crippen LogP contribution in [0, 0.1) is 0 Å². The largest absolute Gasteiger partial charge is 0.506 e. The Hall–Kier alpha value is -0.930. The fourth-order valence-electron chi connectivity index (χ4n) is 3.58. The van der Waals surface area contributed by atoms with E-state index < -0.39 is 0 Å². The molecule has 2 atom stereocenters. The van der Waals surface area contributed by atoms with E-state index in [4.69, 9.17) is 11.6 Å². The summed E-state index contributed by atoms with van der Waals surface area (Å²) in [4.78, 5) is 4.64. The van der Waals surface area contributed by atoms with Crippen molar-refractivity contribution in [2.24, 2.45) is 0 Å². The van der Waals surface area contributed by atoms with Gasteiger partial charge in [0, 0.05) is 24.7 Å². The van der Waals surface area contributed by atoms with Crippen molar-refractivity contribution in [1.29, 1.82) is 0 Å². The first kappa shape index (κ1) is 11.2. The molecule has 0 spiro atoms. The van der Waals surface area contributed by atoms with Crippen molar-refractivity contribution < 1.29 is 5.11 Å². The van der Waals surface area contributed by atoms with Crippen LogP contribution < -0.4 is 4.90 Å². The highest BCUT2D eigenvalue weighted by Crippen LogP contribution is 2.52. The van der Waals surface area contributed by atoms with E-state index in [1.807, 2.05) is 12.1 Å². The number of phenols is 1. The molecule has 0 saturated carbocycles. The number of likely N-dealkylation sites (N-methyl/N-ethyl adjacent to an activating group) is 2. The second-order valence-corrected chi connectivity index (χ2v) is 5.86. The fourth-order valence-corrected chi connectivity index (χ4v) is 3.73. The zero-order chi connectivity index (χ0) is 12.4. The van der Waals surface area contributed by atoms with E-state index in [1.165, 1.54) is 5.56 Å². The number of hydrogen-bond acceptors (Lipinski definition) is 3. The minimum Gasteiger partial charge on any atom is -0.506 e. The van der Waals surface area contributed by atoms with E-state index in [2.05, 4.69) is 30.8 Å². The molecule has 1 aromatic carbocycles. The van der Waals surface area contributed by atoms with Crippen molar-refractivity contribution >= 4 is 17.3 Å². The highest BCUT2D eigenvalue weighted by Gasteiger charge is 2.52. The highest BCUT2D eigenvalue weighted by molar-refractivity contribution is 6.32. The van der Waals surface area contributed by atoms with Crippen molar-refractivity contribution in [1.82, 2.24) is 4.90 Å². The van der Waals surface area contributed by atoms with Gasteiger partial charge in [0.05, 0.1) is 11.2 Å². The molecule has 1 fully saturated rings. The first-order valence-electron chi connectivity index (χ1n) is 5.91. The van der Waals surface area contributed by atoms with Gasteiger partial charge >= 0.3 is 0 Å². The van der Waals surface area contributed by atoms with E-state index in [9.17, 15) is 5.11 Å². The molecule has 1 N–H and O–H groups in total. The lowest BCUT2D eigenvalue weighted by molar-refractivity contribution is 0.268. The quantitative estimate of drug-likeness (QED) is 0.768. The average Bonchev–Trinajstić information content (AvgIpc) is 2.67. The van der Waals surface area contributed by atoms with Gasteiger partial charge in [-0.15, -0.1) is 0 Å². The Morgan fingerprint density at radius 3 is 2.82 bits per heavy atom. The third-order valence-electron chi connectivity index (χ3n) is 4.40. The van der Waals surface area contributed by atoms with E-state index in [1.54, 1.807) is 0 Å². The number of likely N-dealkylation sites (tertiary alicyclic amines) is 1. The van der Waals surface area contributed by atoms with E-state index in [0.717, 1.165) is 18.7 Å². The SMILES string of the molecule is CN1CC[C@@]2(C)c3cc(O)c(Cl)cc3N(C)C12. The van der Waals surface area contributed by atoms with Gasteiger partial charge in [0.25, 0.3) is 0 Å². The molecule has 2 heterocycles. The number of benzene rings is 1. The zero-order valence-corrected chi connectivity index (χ0v) is 11.1. The standard InChI is InChI=1S/C13H17ClN2O/c1-13-4-5-15(2)12(13)16(3)10-7-9(14)11(17)6-8(10)13/h6-7,12,17H,4-5H2,1-3H3/t12?,13-/m0/s1. The van der Waals surface area contributed by atoms with Crippen LogP contribution in [0.4, 0.5) is 5.69 Å². The maximum Gasteiger partial charge on any atom is 0.134 e. The molecule has 0 amide bonds. The van der Waals surface area contributed by atoms with Gasteiger partial charge in [0.2, 0.25) is 0 Å². The summed E-state index contributed by atoms with van der Waals surface area (Å²) in [6.07, 6.45) is 1.49. The number of aromatic hydroxyl groups is 1. The molecule has 3 rings (SSSR count). The molecular weight excluding hydrogens is 236 g/mol. The molecule has 2 aliphatic heterocycles. The van der Waals surface area contributed by atoms with E-state index >= 15 is 0 Å². The van der Waals surface area contributed by atoms with Crippen molar-refractivity contribution in [2.75, 3.05) is 25.5 Å². The number of hydrogen-bond donors (Lipinski definition) is 1. The third kappa shape index (κ3) is 1.27. The summed E-state index contributed by atoms with van der Waals surface area (Å²) in [5, 5.41) is 10.2. The minimum atomic E-state index is 0.0981. The number of nitrogens with zero attached hydrogens (tertiary/aromatic N) is 2. The molecule has 0 bridgehead atoms. The molecule has 17 heavy (non-hydrogen) atoms. The Morgan fingerprint density at radius 1 is 1.41 bits per heavy atom. The van der Waals surface area contributed by atoms with Gasteiger partial charge < -0.3 is 10.0 Å². The summed E-state index contributed by atoms with van der Waals surface area (Å²) in [5.41, 5.74) is 2.46. The number of anilines is 1. The topological polar surface area (TPSA) is 26.7 Å². The Morgan fingerprint density at radius 2 is 2.12 bits per heavy atom. The summed E-state index contributed by atoms with van der Waals surface area (Å²) >= 11 is 6.01. The Balaban J connectivity index is 2.22. The third-order valence-corrected chi connectivity index (χ3v) is 4.70. The van der Waals surface area contributed by atoms with Crippen LogP contribution in [0.5, 0.6) is 5.75 Å². The van der Waals surface area contributed by atoms with E-state index in [-0.39, 0.29) is 11.2 Å². The second-order valence-electron chi connectivity index (χ2n) is 5.45. The van der Waals surface area contributed by atoms with Crippen LogP contribution in [0.15, 0.2) is 12.1 Å². The molecule has 3 nitrogen and oxygen atoms in total. The van der Waals surface area contributed by atoms with E-state index in [0.29, 0.717) is 11.2 Å². The summed E-state index contributed by atoms with van der Waals surface area (Å²) in [6.45, 7) is 3.37. The van der Waals surface area contributed by atoms with Gasteiger partial charge in [-0.2, -0.15) is 0 Å². The number of rotatable bonds is 0. The maximum atomic E-state index is 9.81. The summed E-state index contributed by atoms with van der Waals surface area (Å²) in [6, 6.07) is 3.72. The van der Waals surface area contributed by atoms with Crippen LogP contribution in [0.1, 0.15) is 18.9 Å². The predicted molar refractivity (Wildman–Crippen MR) is 69.9 cm³/mol. The number of phenolic OH excluding ortho intramolecular Hbond substituents is 1. The fraction of sp³-hybridized carbons (Fsp3) is 0.538. The van der Waals surface area contributed by atoms with Crippen LogP contribution in [-0.2, 0) is 5.41 Å². The Bertz CT molecular complexity index is 491. The lowest BCUT2D eigenvalue weighted by Gasteiger charge is -2.32. The van der Waals surface area contributed by atoms with Gasteiger partial charge in [0.15, 0.2) is 0 Å². The number of fused-ring (bicyclic) bond motifs is 3. The van der Waals surface area contributed by atoms with Crippen molar-refractivity contribution in [3.05, 3.63) is 22.7 Å². The van der Waals surface area contributed by atoms with Gasteiger partial charge in [-0.05, 0) is 31.2 Å². The molecule has 1 saturated heterocycles. The smallest absolute Gasteiger partial charge is 0.134 e. The minimum absolute atomic E-state index is 0.0981. The normalized spacial score (nSPS) is 31.8. The lowest BCUT2D eigenvalue weighted by Crippen LogP contribution is -2.45. The van der Waals surface area contributed by atoms with Crippen molar-refractivity contribution in [3.63, 3.8) is 0 Å². The predicted octanol–water partition coefficient (Wildman–Crippen LogP) is 2.41. The molecular formula is C13H17ClN2O. The second kappa shape index (κ2) is 3.30. The molecule has 1 aromatic rings.